The summed E-state index contributed by atoms with van der Waals surface area (Å²) in [6, 6.07) is 22.9. The van der Waals surface area contributed by atoms with E-state index in [1.807, 2.05) is 93.6 Å². The summed E-state index contributed by atoms with van der Waals surface area (Å²) in [4.78, 5) is 29.6. The van der Waals surface area contributed by atoms with E-state index in [4.69, 9.17) is 0 Å². The first-order chi connectivity index (χ1) is 20.5. The number of sulfonamides is 1. The molecule has 0 aromatic heterocycles. The summed E-state index contributed by atoms with van der Waals surface area (Å²) in [5.41, 5.74) is 5.56. The van der Waals surface area contributed by atoms with Crippen LogP contribution in [0.3, 0.4) is 0 Å². The fourth-order valence-corrected chi connectivity index (χ4v) is 6.98. The molecule has 0 unspecified atom stereocenters. The van der Waals surface area contributed by atoms with Crippen LogP contribution in [0.15, 0.2) is 72.8 Å². The molecule has 4 rings (SSSR count). The number of rotatable bonds is 13. The van der Waals surface area contributed by atoms with Crippen molar-refractivity contribution >= 4 is 27.5 Å². The Morgan fingerprint density at radius 3 is 2.14 bits per heavy atom. The second-order valence-corrected chi connectivity index (χ2v) is 13.9. The number of hydrogen-bond acceptors (Lipinski definition) is 4. The summed E-state index contributed by atoms with van der Waals surface area (Å²) in [7, 11) is -3.56. The molecule has 1 aliphatic rings. The molecule has 2 amide bonds. The topological polar surface area (TPSA) is 86.8 Å². The molecule has 0 spiro atoms. The number of aryl methyl sites for hydroxylation is 3. The number of amides is 2. The smallest absolute Gasteiger partial charge is 0.243 e. The van der Waals surface area contributed by atoms with Crippen LogP contribution >= 0.6 is 0 Å². The molecular formula is C35H45N3O4S. The van der Waals surface area contributed by atoms with Gasteiger partial charge in [0.25, 0.3) is 0 Å². The summed E-state index contributed by atoms with van der Waals surface area (Å²) < 4.78 is 26.9. The van der Waals surface area contributed by atoms with Crippen molar-refractivity contribution in [3.8, 4) is 0 Å². The van der Waals surface area contributed by atoms with Gasteiger partial charge in [-0.15, -0.1) is 0 Å². The van der Waals surface area contributed by atoms with Gasteiger partial charge in [-0.1, -0.05) is 79.1 Å². The van der Waals surface area contributed by atoms with Gasteiger partial charge < -0.3 is 10.2 Å². The van der Waals surface area contributed by atoms with E-state index in [-0.39, 0.29) is 30.8 Å². The first-order valence-electron chi connectivity index (χ1n) is 15.2. The number of anilines is 1. The van der Waals surface area contributed by atoms with Crippen molar-refractivity contribution in [2.75, 3.05) is 17.1 Å². The van der Waals surface area contributed by atoms with Crippen LogP contribution in [-0.4, -0.2) is 50.0 Å². The van der Waals surface area contributed by atoms with Gasteiger partial charge in [0.1, 0.15) is 6.04 Å². The molecule has 0 heterocycles. The molecule has 230 valence electrons. The Morgan fingerprint density at radius 2 is 1.51 bits per heavy atom. The molecule has 0 bridgehead atoms. The molecule has 0 aliphatic heterocycles. The van der Waals surface area contributed by atoms with Crippen LogP contribution < -0.4 is 9.62 Å². The number of benzene rings is 3. The Hall–Kier alpha value is -3.65. The van der Waals surface area contributed by atoms with E-state index in [9.17, 15) is 18.0 Å². The highest BCUT2D eigenvalue weighted by Gasteiger charge is 2.32. The lowest BCUT2D eigenvalue weighted by Gasteiger charge is -2.33. The zero-order valence-corrected chi connectivity index (χ0v) is 26.7. The quantitative estimate of drug-likeness (QED) is 0.265. The largest absolute Gasteiger partial charge is 0.352 e. The fraction of sp³-hybridized carbons (Fsp3) is 0.429. The predicted octanol–water partition coefficient (Wildman–Crippen LogP) is 5.86. The maximum Gasteiger partial charge on any atom is 0.243 e. The summed E-state index contributed by atoms with van der Waals surface area (Å²) in [6.07, 6.45) is 6.13. The molecule has 43 heavy (non-hydrogen) atoms. The van der Waals surface area contributed by atoms with Gasteiger partial charge in [0, 0.05) is 32.0 Å². The Kier molecular flexibility index (Phi) is 11.0. The van der Waals surface area contributed by atoms with Crippen molar-refractivity contribution in [2.24, 2.45) is 0 Å². The Labute approximate surface area is 257 Å². The van der Waals surface area contributed by atoms with E-state index in [0.717, 1.165) is 53.5 Å². The van der Waals surface area contributed by atoms with Gasteiger partial charge in [0.05, 0.1) is 11.9 Å². The van der Waals surface area contributed by atoms with Crippen LogP contribution in [0.5, 0.6) is 0 Å². The van der Waals surface area contributed by atoms with Gasteiger partial charge in [0.2, 0.25) is 21.8 Å². The number of hydrogen-bond donors (Lipinski definition) is 1. The molecule has 1 atom stereocenters. The van der Waals surface area contributed by atoms with E-state index in [1.54, 1.807) is 4.90 Å². The van der Waals surface area contributed by atoms with E-state index < -0.39 is 16.1 Å². The number of nitrogens with zero attached hydrogens (tertiary/aromatic N) is 2. The predicted molar refractivity (Wildman–Crippen MR) is 173 cm³/mol. The Morgan fingerprint density at radius 1 is 0.860 bits per heavy atom. The summed E-state index contributed by atoms with van der Waals surface area (Å²) >= 11 is 0. The minimum atomic E-state index is -3.56. The Balaban J connectivity index is 1.59. The van der Waals surface area contributed by atoms with E-state index >= 15 is 0 Å². The van der Waals surface area contributed by atoms with Gasteiger partial charge in [-0.05, 0) is 74.4 Å². The molecule has 1 aliphatic carbocycles. The lowest BCUT2D eigenvalue weighted by molar-refractivity contribution is -0.141. The standard InChI is InChI=1S/C35H45N3O4S/c1-26-12-10-15-30(21-26)25-37(33(24-29-13-6-5-7-14-29)35(40)36-31-16-8-9-17-31)34(39)18-11-19-38(43(4,41)42)32-22-27(2)20-28(3)23-32/h5-7,10,12-15,20-23,31,33H,8-9,11,16-19,24-25H2,1-4H3,(H,36,40)/t33-/m0/s1. The van der Waals surface area contributed by atoms with E-state index in [0.29, 0.717) is 25.1 Å². The van der Waals surface area contributed by atoms with Crippen molar-refractivity contribution in [3.05, 3.63) is 101 Å². The van der Waals surface area contributed by atoms with Gasteiger partial charge in [-0.25, -0.2) is 8.42 Å². The highest BCUT2D eigenvalue weighted by atomic mass is 32.2. The van der Waals surface area contributed by atoms with Crippen LogP contribution in [0, 0.1) is 20.8 Å². The van der Waals surface area contributed by atoms with Crippen molar-refractivity contribution in [1.82, 2.24) is 10.2 Å². The molecule has 1 N–H and O–H groups in total. The molecule has 8 heteroatoms. The second kappa shape index (κ2) is 14.7. The van der Waals surface area contributed by atoms with Crippen LogP contribution in [0.1, 0.15) is 66.3 Å². The van der Waals surface area contributed by atoms with Gasteiger partial charge in [-0.2, -0.15) is 0 Å². The van der Waals surface area contributed by atoms with Crippen LogP contribution in [0.4, 0.5) is 5.69 Å². The summed E-state index contributed by atoms with van der Waals surface area (Å²) in [5.74, 6) is -0.303. The first kappa shape index (κ1) is 32.3. The van der Waals surface area contributed by atoms with Gasteiger partial charge in [0.15, 0.2) is 0 Å². The third kappa shape index (κ3) is 9.42. The second-order valence-electron chi connectivity index (χ2n) is 12.0. The van der Waals surface area contributed by atoms with E-state index in [1.165, 1.54) is 10.6 Å². The average molecular weight is 604 g/mol. The van der Waals surface area contributed by atoms with Crippen molar-refractivity contribution < 1.29 is 18.0 Å². The molecular weight excluding hydrogens is 558 g/mol. The molecule has 0 saturated heterocycles. The lowest BCUT2D eigenvalue weighted by atomic mass is 10.0. The van der Waals surface area contributed by atoms with E-state index in [2.05, 4.69) is 5.32 Å². The summed E-state index contributed by atoms with van der Waals surface area (Å²) in [6.45, 7) is 6.35. The maximum atomic E-state index is 14.1. The first-order valence-corrected chi connectivity index (χ1v) is 17.1. The fourth-order valence-electron chi connectivity index (χ4n) is 6.03. The third-order valence-corrected chi connectivity index (χ3v) is 9.25. The van der Waals surface area contributed by atoms with Crippen molar-refractivity contribution in [1.29, 1.82) is 0 Å². The monoisotopic (exact) mass is 603 g/mol. The van der Waals surface area contributed by atoms with Gasteiger partial charge in [-0.3, -0.25) is 13.9 Å². The Bertz CT molecular complexity index is 1480. The van der Waals surface area contributed by atoms with Crippen LogP contribution in [-0.2, 0) is 32.6 Å². The zero-order valence-electron chi connectivity index (χ0n) is 25.9. The van der Waals surface area contributed by atoms with Crippen molar-refractivity contribution in [2.45, 2.75) is 84.3 Å². The van der Waals surface area contributed by atoms with Crippen molar-refractivity contribution in [3.63, 3.8) is 0 Å². The maximum absolute atomic E-state index is 14.1. The van der Waals surface area contributed by atoms with Crippen LogP contribution in [0.25, 0.3) is 0 Å². The van der Waals surface area contributed by atoms with Crippen LogP contribution in [0.2, 0.25) is 0 Å². The number of nitrogens with one attached hydrogen (secondary N) is 1. The molecule has 3 aromatic rings. The molecule has 1 fully saturated rings. The molecule has 3 aromatic carbocycles. The highest BCUT2D eigenvalue weighted by Crippen LogP contribution is 2.24. The highest BCUT2D eigenvalue weighted by molar-refractivity contribution is 7.92. The molecule has 1 saturated carbocycles. The molecule has 0 radical (unpaired) electrons. The average Bonchev–Trinajstić information content (AvgIpc) is 3.45. The SMILES string of the molecule is Cc1cccc(CN(C(=O)CCCN(c2cc(C)cc(C)c2)S(C)(=O)=O)[C@@H](Cc2ccccc2)C(=O)NC2CCCC2)c1. The minimum absolute atomic E-state index is 0.116. The molecule has 7 nitrogen and oxygen atoms in total. The van der Waals surface area contributed by atoms with Gasteiger partial charge >= 0.3 is 0 Å². The zero-order chi connectivity index (χ0) is 31.0. The number of carbonyl (C=O) groups is 2. The minimum Gasteiger partial charge on any atom is -0.352 e. The summed E-state index contributed by atoms with van der Waals surface area (Å²) in [5, 5.41) is 3.24. The lowest BCUT2D eigenvalue weighted by Crippen LogP contribution is -2.52. The normalized spacial score (nSPS) is 14.3. The number of carbonyl (C=O) groups excluding carboxylic acids is 2. The third-order valence-electron chi connectivity index (χ3n) is 8.05.